The van der Waals surface area contributed by atoms with Gasteiger partial charge in [0.2, 0.25) is 0 Å². The highest BCUT2D eigenvalue weighted by molar-refractivity contribution is 5.94. The van der Waals surface area contributed by atoms with Crippen LogP contribution in [0.5, 0.6) is 0 Å². The Hall–Kier alpha value is -2.92. The van der Waals surface area contributed by atoms with Crippen LogP contribution in [0, 0.1) is 0 Å². The quantitative estimate of drug-likeness (QED) is 0.715. The Morgan fingerprint density at radius 3 is 2.24 bits per heavy atom. The standard InChI is InChI=1S/C24H28N4O/c1-18(2)27-15-13-20(14-16-27)25-24(29)23-17-22(19-9-5-3-6-10-19)26-28(23)21-11-7-4-8-12-21/h3-12,17-18,20H,13-16H2,1-2H3,(H,25,29). The van der Waals surface area contributed by atoms with Crippen LogP contribution < -0.4 is 5.32 Å². The van der Waals surface area contributed by atoms with Crippen LogP contribution in [0.2, 0.25) is 0 Å². The van der Waals surface area contributed by atoms with E-state index >= 15 is 0 Å². The van der Waals surface area contributed by atoms with Crippen molar-refractivity contribution in [3.05, 3.63) is 72.4 Å². The molecule has 1 N–H and O–H groups in total. The monoisotopic (exact) mass is 388 g/mol. The van der Waals surface area contributed by atoms with E-state index in [2.05, 4.69) is 24.1 Å². The van der Waals surface area contributed by atoms with Crippen LogP contribution in [-0.4, -0.2) is 45.8 Å². The number of para-hydroxylation sites is 1. The van der Waals surface area contributed by atoms with Crippen LogP contribution in [0.25, 0.3) is 16.9 Å². The van der Waals surface area contributed by atoms with Gasteiger partial charge in [-0.25, -0.2) is 4.68 Å². The molecule has 2 aromatic carbocycles. The molecule has 4 rings (SSSR count). The Morgan fingerprint density at radius 2 is 1.62 bits per heavy atom. The highest BCUT2D eigenvalue weighted by Crippen LogP contribution is 2.22. The molecule has 1 aliphatic heterocycles. The second-order valence-electron chi connectivity index (χ2n) is 7.91. The van der Waals surface area contributed by atoms with Gasteiger partial charge in [0.1, 0.15) is 5.69 Å². The van der Waals surface area contributed by atoms with Crippen molar-refractivity contribution in [3.8, 4) is 16.9 Å². The summed E-state index contributed by atoms with van der Waals surface area (Å²) in [5, 5.41) is 7.99. The molecule has 0 saturated carbocycles. The van der Waals surface area contributed by atoms with Gasteiger partial charge in [-0.1, -0.05) is 48.5 Å². The Morgan fingerprint density at radius 1 is 1.00 bits per heavy atom. The molecule has 1 fully saturated rings. The predicted octanol–water partition coefficient (Wildman–Crippen LogP) is 4.14. The number of amides is 1. The third kappa shape index (κ3) is 4.40. The maximum Gasteiger partial charge on any atom is 0.270 e. The minimum absolute atomic E-state index is 0.0634. The van der Waals surface area contributed by atoms with Crippen LogP contribution >= 0.6 is 0 Å². The molecular formula is C24H28N4O. The molecule has 3 aromatic rings. The van der Waals surface area contributed by atoms with Crippen molar-refractivity contribution in [3.63, 3.8) is 0 Å². The fraction of sp³-hybridized carbons (Fsp3) is 0.333. The van der Waals surface area contributed by atoms with Gasteiger partial charge in [0.05, 0.1) is 11.4 Å². The molecule has 150 valence electrons. The minimum Gasteiger partial charge on any atom is -0.348 e. The summed E-state index contributed by atoms with van der Waals surface area (Å²) >= 11 is 0. The van der Waals surface area contributed by atoms with Gasteiger partial charge in [-0.3, -0.25) is 4.79 Å². The zero-order valence-electron chi connectivity index (χ0n) is 17.1. The summed E-state index contributed by atoms with van der Waals surface area (Å²) in [5.41, 5.74) is 3.26. The highest BCUT2D eigenvalue weighted by Gasteiger charge is 2.24. The summed E-state index contributed by atoms with van der Waals surface area (Å²) in [6, 6.07) is 22.5. The Kier molecular flexibility index (Phi) is 5.76. The van der Waals surface area contributed by atoms with E-state index in [0.29, 0.717) is 11.7 Å². The van der Waals surface area contributed by atoms with E-state index in [9.17, 15) is 4.79 Å². The second-order valence-corrected chi connectivity index (χ2v) is 7.91. The molecule has 0 atom stereocenters. The Labute approximate surface area is 172 Å². The van der Waals surface area contributed by atoms with Crippen molar-refractivity contribution in [1.29, 1.82) is 0 Å². The normalized spacial score (nSPS) is 15.6. The SMILES string of the molecule is CC(C)N1CCC(NC(=O)c2cc(-c3ccccc3)nn2-c2ccccc2)CC1. The fourth-order valence-corrected chi connectivity index (χ4v) is 3.88. The lowest BCUT2D eigenvalue weighted by atomic mass is 10.0. The van der Waals surface area contributed by atoms with Crippen molar-refractivity contribution >= 4 is 5.91 Å². The average molecular weight is 389 g/mol. The van der Waals surface area contributed by atoms with E-state index in [0.717, 1.165) is 42.9 Å². The third-order valence-corrected chi connectivity index (χ3v) is 5.61. The van der Waals surface area contributed by atoms with Gasteiger partial charge in [-0.15, -0.1) is 0 Å². The first-order chi connectivity index (χ1) is 14.1. The van der Waals surface area contributed by atoms with Crippen LogP contribution in [0.3, 0.4) is 0 Å². The van der Waals surface area contributed by atoms with Gasteiger partial charge in [-0.05, 0) is 44.9 Å². The van der Waals surface area contributed by atoms with Gasteiger partial charge < -0.3 is 10.2 Å². The van der Waals surface area contributed by atoms with E-state index in [1.165, 1.54) is 0 Å². The summed E-state index contributed by atoms with van der Waals surface area (Å²) in [6.45, 7) is 6.50. The average Bonchev–Trinajstić information content (AvgIpc) is 3.21. The summed E-state index contributed by atoms with van der Waals surface area (Å²) in [7, 11) is 0. The highest BCUT2D eigenvalue weighted by atomic mass is 16.2. The zero-order valence-corrected chi connectivity index (χ0v) is 17.1. The molecule has 29 heavy (non-hydrogen) atoms. The summed E-state index contributed by atoms with van der Waals surface area (Å²) in [5.74, 6) is -0.0634. The molecule has 1 amide bonds. The lowest BCUT2D eigenvalue weighted by Gasteiger charge is -2.34. The van der Waals surface area contributed by atoms with Crippen molar-refractivity contribution in [2.24, 2.45) is 0 Å². The van der Waals surface area contributed by atoms with Crippen LogP contribution in [0.15, 0.2) is 66.7 Å². The molecule has 0 unspecified atom stereocenters. The largest absolute Gasteiger partial charge is 0.348 e. The molecule has 5 heteroatoms. The topological polar surface area (TPSA) is 50.2 Å². The number of aromatic nitrogens is 2. The van der Waals surface area contributed by atoms with E-state index in [4.69, 9.17) is 5.10 Å². The van der Waals surface area contributed by atoms with Gasteiger partial charge in [-0.2, -0.15) is 5.10 Å². The number of rotatable bonds is 5. The number of carbonyl (C=O) groups is 1. The van der Waals surface area contributed by atoms with Crippen molar-refractivity contribution < 1.29 is 4.79 Å². The molecule has 1 aromatic heterocycles. The maximum absolute atomic E-state index is 13.2. The van der Waals surface area contributed by atoms with Crippen molar-refractivity contribution in [2.75, 3.05) is 13.1 Å². The van der Waals surface area contributed by atoms with Gasteiger partial charge in [0.15, 0.2) is 0 Å². The first kappa shape index (κ1) is 19.4. The number of hydrogen-bond acceptors (Lipinski definition) is 3. The van der Waals surface area contributed by atoms with Crippen LogP contribution in [0.4, 0.5) is 0 Å². The number of nitrogens with one attached hydrogen (secondary N) is 1. The van der Waals surface area contributed by atoms with Crippen LogP contribution in [-0.2, 0) is 0 Å². The second kappa shape index (κ2) is 8.62. The molecule has 1 aliphatic rings. The lowest BCUT2D eigenvalue weighted by Crippen LogP contribution is -2.46. The number of carbonyl (C=O) groups excluding carboxylic acids is 1. The van der Waals surface area contributed by atoms with Gasteiger partial charge in [0.25, 0.3) is 5.91 Å². The summed E-state index contributed by atoms with van der Waals surface area (Å²) in [6.07, 6.45) is 1.96. The predicted molar refractivity (Wildman–Crippen MR) is 116 cm³/mol. The number of piperidine rings is 1. The lowest BCUT2D eigenvalue weighted by molar-refractivity contribution is 0.0893. The molecule has 0 aliphatic carbocycles. The summed E-state index contributed by atoms with van der Waals surface area (Å²) in [4.78, 5) is 15.6. The Balaban J connectivity index is 1.58. The Bertz CT molecular complexity index is 942. The zero-order chi connectivity index (χ0) is 20.2. The smallest absolute Gasteiger partial charge is 0.270 e. The molecule has 5 nitrogen and oxygen atoms in total. The minimum atomic E-state index is -0.0634. The van der Waals surface area contributed by atoms with E-state index in [1.807, 2.05) is 66.7 Å². The van der Waals surface area contributed by atoms with Crippen molar-refractivity contribution in [2.45, 2.75) is 38.8 Å². The number of nitrogens with zero attached hydrogens (tertiary/aromatic N) is 3. The van der Waals surface area contributed by atoms with E-state index in [-0.39, 0.29) is 11.9 Å². The first-order valence-electron chi connectivity index (χ1n) is 10.4. The number of benzene rings is 2. The molecule has 0 radical (unpaired) electrons. The van der Waals surface area contributed by atoms with Crippen molar-refractivity contribution in [1.82, 2.24) is 20.0 Å². The fourth-order valence-electron chi connectivity index (χ4n) is 3.88. The molecule has 0 spiro atoms. The molecule has 0 bridgehead atoms. The van der Waals surface area contributed by atoms with Gasteiger partial charge in [0, 0.05) is 30.7 Å². The van der Waals surface area contributed by atoms with E-state index < -0.39 is 0 Å². The first-order valence-corrected chi connectivity index (χ1v) is 10.4. The maximum atomic E-state index is 13.2. The summed E-state index contributed by atoms with van der Waals surface area (Å²) < 4.78 is 1.75. The third-order valence-electron chi connectivity index (χ3n) is 5.61. The van der Waals surface area contributed by atoms with Crippen LogP contribution in [0.1, 0.15) is 37.2 Å². The molecule has 2 heterocycles. The number of likely N-dealkylation sites (tertiary alicyclic amines) is 1. The van der Waals surface area contributed by atoms with E-state index in [1.54, 1.807) is 4.68 Å². The molecular weight excluding hydrogens is 360 g/mol. The number of hydrogen-bond donors (Lipinski definition) is 1. The molecule has 1 saturated heterocycles. The van der Waals surface area contributed by atoms with Gasteiger partial charge >= 0.3 is 0 Å².